The molecule has 0 aromatic heterocycles. The number of carbonyl (C=O) groups excluding carboxylic acids is 1. The van der Waals surface area contributed by atoms with Crippen molar-refractivity contribution < 1.29 is 13.2 Å². The summed E-state index contributed by atoms with van der Waals surface area (Å²) in [6.07, 6.45) is 0.476. The lowest BCUT2D eigenvalue weighted by atomic mass is 9.93. The fourth-order valence-electron chi connectivity index (χ4n) is 1.76. The molecule has 1 amide bonds. The Morgan fingerprint density at radius 1 is 1.36 bits per heavy atom. The van der Waals surface area contributed by atoms with Crippen LogP contribution < -0.4 is 11.1 Å². The van der Waals surface area contributed by atoms with Crippen LogP contribution in [0.3, 0.4) is 0 Å². The molecule has 0 atom stereocenters. The van der Waals surface area contributed by atoms with Crippen LogP contribution in [0.2, 0.25) is 0 Å². The number of hydrogen-bond acceptors (Lipinski definition) is 5. The Morgan fingerprint density at radius 2 is 1.93 bits per heavy atom. The maximum atomic E-state index is 11.5. The highest BCUT2D eigenvalue weighted by Crippen LogP contribution is 2.30. The van der Waals surface area contributed by atoms with Crippen molar-refractivity contribution in [2.24, 2.45) is 10.7 Å². The molecule has 0 radical (unpaired) electrons. The number of carbonyl (C=O) groups is 1. The van der Waals surface area contributed by atoms with Crippen molar-refractivity contribution in [1.82, 2.24) is 5.32 Å². The van der Waals surface area contributed by atoms with Crippen LogP contribution in [0.15, 0.2) is 4.99 Å². The lowest BCUT2D eigenvalue weighted by Crippen LogP contribution is -2.46. The van der Waals surface area contributed by atoms with Gasteiger partial charge in [0.25, 0.3) is 5.91 Å². The van der Waals surface area contributed by atoms with Crippen molar-refractivity contribution in [1.29, 1.82) is 0 Å². The molecule has 2 rings (SSSR count). The van der Waals surface area contributed by atoms with Gasteiger partial charge in [-0.3, -0.25) is 10.1 Å². The molecule has 2 aliphatic rings. The molecule has 6 nitrogen and oxygen atoms in total. The summed E-state index contributed by atoms with van der Waals surface area (Å²) in [5, 5.41) is 2.40. The van der Waals surface area contributed by atoms with Crippen molar-refractivity contribution >= 4 is 21.7 Å². The molecule has 1 spiro atoms. The third kappa shape index (κ3) is 1.37. The highest BCUT2D eigenvalue weighted by Gasteiger charge is 2.46. The van der Waals surface area contributed by atoms with Gasteiger partial charge < -0.3 is 5.73 Å². The Bertz CT molecular complexity index is 398. The molecule has 0 aromatic rings. The number of rotatable bonds is 0. The minimum atomic E-state index is -2.98. The van der Waals surface area contributed by atoms with Gasteiger partial charge in [-0.1, -0.05) is 0 Å². The van der Waals surface area contributed by atoms with E-state index in [0.717, 1.165) is 0 Å². The van der Waals surface area contributed by atoms with Gasteiger partial charge in [0.05, 0.1) is 11.5 Å². The average Bonchev–Trinajstić information content (AvgIpc) is 2.35. The van der Waals surface area contributed by atoms with Gasteiger partial charge >= 0.3 is 0 Å². The fraction of sp³-hybridized carbons (Fsp3) is 0.714. The minimum absolute atomic E-state index is 0.0111. The first-order chi connectivity index (χ1) is 6.44. The maximum Gasteiger partial charge on any atom is 0.254 e. The highest BCUT2D eigenvalue weighted by molar-refractivity contribution is 7.91. The maximum absolute atomic E-state index is 11.5. The number of hydrogen-bond donors (Lipinski definition) is 2. The quantitative estimate of drug-likeness (QED) is 0.509. The van der Waals surface area contributed by atoms with E-state index in [0.29, 0.717) is 0 Å². The van der Waals surface area contributed by atoms with E-state index in [1.165, 1.54) is 0 Å². The fourth-order valence-corrected chi connectivity index (χ4v) is 3.26. The topological polar surface area (TPSA) is 102 Å². The number of nitrogens with zero attached hydrogens (tertiary/aromatic N) is 1. The highest BCUT2D eigenvalue weighted by atomic mass is 32.2. The predicted molar refractivity (Wildman–Crippen MR) is 50.4 cm³/mol. The van der Waals surface area contributed by atoms with Crippen molar-refractivity contribution in [3.63, 3.8) is 0 Å². The first kappa shape index (κ1) is 9.45. The Balaban J connectivity index is 2.25. The summed E-state index contributed by atoms with van der Waals surface area (Å²) >= 11 is 0. The Hall–Kier alpha value is -1.11. The van der Waals surface area contributed by atoms with E-state index in [1.54, 1.807) is 0 Å². The van der Waals surface area contributed by atoms with E-state index in [-0.39, 0.29) is 36.2 Å². The van der Waals surface area contributed by atoms with Crippen LogP contribution in [-0.4, -0.2) is 37.3 Å². The molecule has 1 saturated heterocycles. The summed E-state index contributed by atoms with van der Waals surface area (Å²) < 4.78 is 22.3. The van der Waals surface area contributed by atoms with Crippen molar-refractivity contribution in [3.8, 4) is 0 Å². The van der Waals surface area contributed by atoms with Gasteiger partial charge in [0.15, 0.2) is 15.8 Å². The minimum Gasteiger partial charge on any atom is -0.370 e. The number of sulfone groups is 1. The number of aliphatic imine (C=N–C) groups is 1. The van der Waals surface area contributed by atoms with Crippen molar-refractivity contribution in [3.05, 3.63) is 0 Å². The summed E-state index contributed by atoms with van der Waals surface area (Å²) in [4.78, 5) is 15.5. The molecule has 2 aliphatic heterocycles. The van der Waals surface area contributed by atoms with Crippen LogP contribution in [0, 0.1) is 0 Å². The summed E-state index contributed by atoms with van der Waals surface area (Å²) in [6, 6.07) is 0. The molecule has 0 unspecified atom stereocenters. The van der Waals surface area contributed by atoms with Gasteiger partial charge in [-0.15, -0.1) is 0 Å². The van der Waals surface area contributed by atoms with Crippen LogP contribution in [0.25, 0.3) is 0 Å². The second-order valence-electron chi connectivity index (χ2n) is 3.63. The normalized spacial score (nSPS) is 28.6. The smallest absolute Gasteiger partial charge is 0.254 e. The second kappa shape index (κ2) is 2.69. The molecular formula is C7H11N3O3S. The summed E-state index contributed by atoms with van der Waals surface area (Å²) in [7, 11) is -2.98. The molecular weight excluding hydrogens is 206 g/mol. The molecule has 0 aromatic carbocycles. The molecule has 14 heavy (non-hydrogen) atoms. The average molecular weight is 217 g/mol. The number of guanidine groups is 1. The Kier molecular flexibility index (Phi) is 1.82. The standard InChI is InChI=1S/C7H11N3O3S/c8-6-9-5(11)7(10-6)1-3-14(12,13)4-2-7/h1-4H2,(H3,8,9,10,11). The van der Waals surface area contributed by atoms with Crippen LogP contribution in [0.5, 0.6) is 0 Å². The summed E-state index contributed by atoms with van der Waals surface area (Å²) in [6.45, 7) is 0. The summed E-state index contributed by atoms with van der Waals surface area (Å²) in [5.74, 6) is -0.159. The van der Waals surface area contributed by atoms with Gasteiger partial charge in [0.1, 0.15) is 5.54 Å². The first-order valence-corrected chi connectivity index (χ1v) is 6.13. The number of amides is 1. The molecule has 0 aliphatic carbocycles. The second-order valence-corrected chi connectivity index (χ2v) is 5.94. The van der Waals surface area contributed by atoms with E-state index in [2.05, 4.69) is 10.3 Å². The Labute approximate surface area is 81.5 Å². The van der Waals surface area contributed by atoms with Gasteiger partial charge in [0.2, 0.25) is 0 Å². The number of nitrogens with one attached hydrogen (secondary N) is 1. The molecule has 0 bridgehead atoms. The predicted octanol–water partition coefficient (Wildman–Crippen LogP) is -1.62. The van der Waals surface area contributed by atoms with Crippen LogP contribution in [0.4, 0.5) is 0 Å². The zero-order valence-electron chi connectivity index (χ0n) is 7.49. The number of nitrogens with two attached hydrogens (primary N) is 1. The first-order valence-electron chi connectivity index (χ1n) is 4.31. The summed E-state index contributed by atoms with van der Waals surface area (Å²) in [5.41, 5.74) is 4.46. The molecule has 78 valence electrons. The van der Waals surface area contributed by atoms with E-state index >= 15 is 0 Å². The van der Waals surface area contributed by atoms with Crippen LogP contribution in [-0.2, 0) is 14.6 Å². The third-order valence-electron chi connectivity index (χ3n) is 2.65. The van der Waals surface area contributed by atoms with Gasteiger partial charge in [-0.2, -0.15) is 0 Å². The van der Waals surface area contributed by atoms with Gasteiger partial charge in [-0.05, 0) is 12.8 Å². The third-order valence-corrected chi connectivity index (χ3v) is 4.30. The van der Waals surface area contributed by atoms with Crippen molar-refractivity contribution in [2.45, 2.75) is 18.4 Å². The van der Waals surface area contributed by atoms with E-state index < -0.39 is 15.4 Å². The molecule has 1 fully saturated rings. The van der Waals surface area contributed by atoms with Crippen LogP contribution in [0.1, 0.15) is 12.8 Å². The van der Waals surface area contributed by atoms with Crippen LogP contribution >= 0.6 is 0 Å². The zero-order chi connectivity index (χ0) is 10.4. The molecule has 2 heterocycles. The lowest BCUT2D eigenvalue weighted by molar-refractivity contribution is -0.124. The SMILES string of the molecule is NC1=NC2(CCS(=O)(=O)CC2)C(=O)N1. The molecule has 0 saturated carbocycles. The van der Waals surface area contributed by atoms with E-state index in [1.807, 2.05) is 0 Å². The van der Waals surface area contributed by atoms with Gasteiger partial charge in [0, 0.05) is 0 Å². The zero-order valence-corrected chi connectivity index (χ0v) is 8.30. The van der Waals surface area contributed by atoms with E-state index in [4.69, 9.17) is 5.73 Å². The Morgan fingerprint density at radius 3 is 2.36 bits per heavy atom. The molecule has 7 heteroatoms. The van der Waals surface area contributed by atoms with Gasteiger partial charge in [-0.25, -0.2) is 13.4 Å². The van der Waals surface area contributed by atoms with Crippen molar-refractivity contribution in [2.75, 3.05) is 11.5 Å². The van der Waals surface area contributed by atoms with E-state index in [9.17, 15) is 13.2 Å². The monoisotopic (exact) mass is 217 g/mol. The lowest BCUT2D eigenvalue weighted by Gasteiger charge is -2.27. The largest absolute Gasteiger partial charge is 0.370 e. The molecule has 3 N–H and O–H groups in total.